The zero-order valence-corrected chi connectivity index (χ0v) is 13.9. The van der Waals surface area contributed by atoms with E-state index in [1.807, 2.05) is 24.3 Å². The highest BCUT2D eigenvalue weighted by Crippen LogP contribution is 2.29. The van der Waals surface area contributed by atoms with E-state index in [-0.39, 0.29) is 0 Å². The molecular formula is C14H16ClN3OS2. The molecule has 0 unspecified atom stereocenters. The zero-order chi connectivity index (χ0) is 14.5. The molecule has 0 atom stereocenters. The number of nitrogens with zero attached hydrogens (tertiary/aromatic N) is 3. The molecule has 0 bridgehead atoms. The van der Waals surface area contributed by atoms with Gasteiger partial charge >= 0.3 is 0 Å². The standard InChI is InChI=1S/C14H16ClN3OS2/c15-11-4-3-5-12(10-11)19-8-9-20-14-17-16-13(21-14)18-6-1-2-7-18/h3-5,10H,1-2,6-9H2. The molecular weight excluding hydrogens is 326 g/mol. The van der Waals surface area contributed by atoms with Gasteiger partial charge in [-0.15, -0.1) is 10.2 Å². The van der Waals surface area contributed by atoms with Crippen molar-refractivity contribution in [3.05, 3.63) is 29.3 Å². The second-order valence-electron chi connectivity index (χ2n) is 4.70. The van der Waals surface area contributed by atoms with Gasteiger partial charge in [-0.05, 0) is 31.0 Å². The lowest BCUT2D eigenvalue weighted by molar-refractivity contribution is 0.344. The van der Waals surface area contributed by atoms with Crippen LogP contribution in [0.1, 0.15) is 12.8 Å². The fourth-order valence-corrected chi connectivity index (χ4v) is 4.10. The lowest BCUT2D eigenvalue weighted by Gasteiger charge is -2.10. The van der Waals surface area contributed by atoms with Crippen molar-refractivity contribution in [3.63, 3.8) is 0 Å². The van der Waals surface area contributed by atoms with Crippen LogP contribution in [0, 0.1) is 0 Å². The van der Waals surface area contributed by atoms with Crippen LogP contribution in [0.3, 0.4) is 0 Å². The summed E-state index contributed by atoms with van der Waals surface area (Å²) in [6, 6.07) is 7.46. The van der Waals surface area contributed by atoms with Gasteiger partial charge in [0.05, 0.1) is 6.61 Å². The number of halogens is 1. The SMILES string of the molecule is Clc1cccc(OCCSc2nnc(N3CCCC3)s2)c1. The monoisotopic (exact) mass is 341 g/mol. The number of hydrogen-bond donors (Lipinski definition) is 0. The van der Waals surface area contributed by atoms with Crippen molar-refractivity contribution in [1.82, 2.24) is 10.2 Å². The van der Waals surface area contributed by atoms with Crippen LogP contribution in [0.4, 0.5) is 5.13 Å². The second kappa shape index (κ2) is 7.33. The van der Waals surface area contributed by atoms with Crippen molar-refractivity contribution in [2.24, 2.45) is 0 Å². The molecule has 21 heavy (non-hydrogen) atoms. The van der Waals surface area contributed by atoms with Crippen molar-refractivity contribution in [2.45, 2.75) is 17.2 Å². The number of aromatic nitrogens is 2. The van der Waals surface area contributed by atoms with Crippen LogP contribution < -0.4 is 9.64 Å². The number of thioether (sulfide) groups is 1. The van der Waals surface area contributed by atoms with E-state index in [4.69, 9.17) is 16.3 Å². The van der Waals surface area contributed by atoms with Gasteiger partial charge in [-0.2, -0.15) is 0 Å². The maximum Gasteiger partial charge on any atom is 0.209 e. The van der Waals surface area contributed by atoms with Crippen molar-refractivity contribution in [3.8, 4) is 5.75 Å². The quantitative estimate of drug-likeness (QED) is 0.587. The molecule has 1 aromatic carbocycles. The topological polar surface area (TPSA) is 38.3 Å². The fraction of sp³-hybridized carbons (Fsp3) is 0.429. The van der Waals surface area contributed by atoms with Gasteiger partial charge in [0.2, 0.25) is 5.13 Å². The normalized spacial score (nSPS) is 14.6. The Morgan fingerprint density at radius 1 is 1.29 bits per heavy atom. The minimum Gasteiger partial charge on any atom is -0.493 e. The van der Waals surface area contributed by atoms with E-state index in [0.717, 1.165) is 34.1 Å². The van der Waals surface area contributed by atoms with Gasteiger partial charge in [0, 0.05) is 23.9 Å². The predicted molar refractivity (Wildman–Crippen MR) is 89.0 cm³/mol. The fourth-order valence-electron chi connectivity index (χ4n) is 2.14. The second-order valence-corrected chi connectivity index (χ2v) is 7.43. The van der Waals surface area contributed by atoms with Gasteiger partial charge in [-0.3, -0.25) is 0 Å². The average Bonchev–Trinajstić information content (AvgIpc) is 3.14. The Morgan fingerprint density at radius 2 is 2.14 bits per heavy atom. The zero-order valence-electron chi connectivity index (χ0n) is 11.5. The highest BCUT2D eigenvalue weighted by molar-refractivity contribution is 8.01. The molecule has 0 saturated carbocycles. The maximum atomic E-state index is 5.91. The van der Waals surface area contributed by atoms with Crippen LogP contribution in [0.5, 0.6) is 5.75 Å². The number of anilines is 1. The van der Waals surface area contributed by atoms with Crippen molar-refractivity contribution >= 4 is 39.8 Å². The molecule has 0 aliphatic carbocycles. The Hall–Kier alpha value is -0.980. The van der Waals surface area contributed by atoms with E-state index in [2.05, 4.69) is 15.1 Å². The average molecular weight is 342 g/mol. The summed E-state index contributed by atoms with van der Waals surface area (Å²) in [7, 11) is 0. The summed E-state index contributed by atoms with van der Waals surface area (Å²) in [5.74, 6) is 1.65. The molecule has 0 N–H and O–H groups in total. The van der Waals surface area contributed by atoms with Crippen LogP contribution in [-0.4, -0.2) is 35.6 Å². The smallest absolute Gasteiger partial charge is 0.209 e. The summed E-state index contributed by atoms with van der Waals surface area (Å²) in [6.07, 6.45) is 2.52. The van der Waals surface area contributed by atoms with E-state index in [0.29, 0.717) is 11.6 Å². The van der Waals surface area contributed by atoms with Gasteiger partial charge in [-0.25, -0.2) is 0 Å². The summed E-state index contributed by atoms with van der Waals surface area (Å²) in [5, 5.41) is 10.2. The molecule has 0 amide bonds. The molecule has 1 fully saturated rings. The molecule has 4 nitrogen and oxygen atoms in total. The van der Waals surface area contributed by atoms with Crippen LogP contribution >= 0.6 is 34.7 Å². The Bertz CT molecular complexity index is 587. The molecule has 112 valence electrons. The largest absolute Gasteiger partial charge is 0.493 e. The minimum atomic E-state index is 0.629. The molecule has 1 aromatic heterocycles. The highest BCUT2D eigenvalue weighted by atomic mass is 35.5. The number of rotatable bonds is 6. The van der Waals surface area contributed by atoms with Crippen LogP contribution in [0.25, 0.3) is 0 Å². The molecule has 2 aromatic rings. The van der Waals surface area contributed by atoms with Crippen molar-refractivity contribution in [2.75, 3.05) is 30.3 Å². The van der Waals surface area contributed by atoms with Crippen LogP contribution in [0.2, 0.25) is 5.02 Å². The van der Waals surface area contributed by atoms with Crippen molar-refractivity contribution in [1.29, 1.82) is 0 Å². The molecule has 1 aliphatic rings. The van der Waals surface area contributed by atoms with Gasteiger partial charge in [0.25, 0.3) is 0 Å². The van der Waals surface area contributed by atoms with E-state index in [1.54, 1.807) is 23.1 Å². The lowest BCUT2D eigenvalue weighted by Crippen LogP contribution is -2.17. The molecule has 2 heterocycles. The highest BCUT2D eigenvalue weighted by Gasteiger charge is 2.16. The van der Waals surface area contributed by atoms with Gasteiger partial charge in [0.1, 0.15) is 5.75 Å². The first kappa shape index (κ1) is 14.9. The van der Waals surface area contributed by atoms with E-state index < -0.39 is 0 Å². The molecule has 1 aliphatic heterocycles. The van der Waals surface area contributed by atoms with Gasteiger partial charge in [0.15, 0.2) is 4.34 Å². The Labute approximate surface area is 137 Å². The summed E-state index contributed by atoms with van der Waals surface area (Å²) in [4.78, 5) is 2.31. The molecule has 3 rings (SSSR count). The first-order valence-electron chi connectivity index (χ1n) is 6.91. The first-order valence-corrected chi connectivity index (χ1v) is 9.09. The first-order chi connectivity index (χ1) is 10.3. The summed E-state index contributed by atoms with van der Waals surface area (Å²) >= 11 is 9.26. The third-order valence-electron chi connectivity index (χ3n) is 3.15. The predicted octanol–water partition coefficient (Wildman–Crippen LogP) is 3.96. The van der Waals surface area contributed by atoms with E-state index >= 15 is 0 Å². The number of hydrogen-bond acceptors (Lipinski definition) is 6. The molecule has 0 radical (unpaired) electrons. The maximum absolute atomic E-state index is 5.91. The van der Waals surface area contributed by atoms with Crippen molar-refractivity contribution < 1.29 is 4.74 Å². The third-order valence-corrected chi connectivity index (χ3v) is 5.46. The number of benzene rings is 1. The lowest BCUT2D eigenvalue weighted by atomic mass is 10.3. The third kappa shape index (κ3) is 4.25. The Kier molecular flexibility index (Phi) is 5.22. The Balaban J connectivity index is 1.43. The van der Waals surface area contributed by atoms with Gasteiger partial charge < -0.3 is 9.64 Å². The van der Waals surface area contributed by atoms with Gasteiger partial charge in [-0.1, -0.05) is 40.8 Å². The van der Waals surface area contributed by atoms with Crippen LogP contribution in [0.15, 0.2) is 28.6 Å². The van der Waals surface area contributed by atoms with Crippen LogP contribution in [-0.2, 0) is 0 Å². The van der Waals surface area contributed by atoms with E-state index in [9.17, 15) is 0 Å². The van der Waals surface area contributed by atoms with E-state index in [1.165, 1.54) is 12.8 Å². The summed E-state index contributed by atoms with van der Waals surface area (Å²) in [6.45, 7) is 2.85. The minimum absolute atomic E-state index is 0.629. The molecule has 0 spiro atoms. The summed E-state index contributed by atoms with van der Waals surface area (Å²) < 4.78 is 6.66. The molecule has 7 heteroatoms. The molecule has 1 saturated heterocycles. The number of ether oxygens (including phenoxy) is 1. The Morgan fingerprint density at radius 3 is 2.95 bits per heavy atom. The summed E-state index contributed by atoms with van der Waals surface area (Å²) in [5.41, 5.74) is 0.